The molecule has 9 N–H and O–H groups in total. The Bertz CT molecular complexity index is 1480. The van der Waals surface area contributed by atoms with Gasteiger partial charge in [0.15, 0.2) is 0 Å². The Kier molecular flexibility index (Phi) is 58.5. The van der Waals surface area contributed by atoms with Gasteiger partial charge in [0.2, 0.25) is 17.7 Å². The third kappa shape index (κ3) is 48.0. The number of quaternary nitrogens is 1. The molecule has 0 fully saturated rings. The molecule has 0 aliphatic carbocycles. The molecule has 0 saturated heterocycles. The lowest BCUT2D eigenvalue weighted by Gasteiger charge is -2.41. The Balaban J connectivity index is 6.61. The molecule has 0 aromatic carbocycles. The Morgan fingerprint density at radius 3 is 0.700 bits per heavy atom. The van der Waals surface area contributed by atoms with Crippen LogP contribution in [0.1, 0.15) is 342 Å². The summed E-state index contributed by atoms with van der Waals surface area (Å²) in [5.41, 5.74) is -5.06. The first kappa shape index (κ1) is 88.2. The topological polar surface area (TPSA) is 236 Å². The summed E-state index contributed by atoms with van der Waals surface area (Å²) in [6.45, 7) is 4.88. The van der Waals surface area contributed by atoms with Crippen LogP contribution in [0.2, 0.25) is 6.04 Å². The van der Waals surface area contributed by atoms with E-state index in [0.717, 1.165) is 77.2 Å². The van der Waals surface area contributed by atoms with Gasteiger partial charge in [0, 0.05) is 31.7 Å². The van der Waals surface area contributed by atoms with Gasteiger partial charge in [-0.1, -0.05) is 285 Å². The first-order valence-electron chi connectivity index (χ1n) is 37.9. The molecular formula is C73H149N4O12Si+. The number of amides is 3. The highest BCUT2D eigenvalue weighted by atomic mass is 28.4. The van der Waals surface area contributed by atoms with Gasteiger partial charge < -0.3 is 64.4 Å². The fourth-order valence-corrected chi connectivity index (χ4v) is 14.8. The van der Waals surface area contributed by atoms with Gasteiger partial charge in [-0.3, -0.25) is 14.4 Å². The number of aliphatic hydroxyl groups excluding tert-OH is 6. The zero-order valence-electron chi connectivity index (χ0n) is 59.7. The fourth-order valence-electron chi connectivity index (χ4n) is 12.0. The summed E-state index contributed by atoms with van der Waals surface area (Å²) in [5, 5.41) is 74.8. The molecule has 0 atom stereocenters. The molecule has 536 valence electrons. The molecule has 0 bridgehead atoms. The van der Waals surface area contributed by atoms with E-state index in [9.17, 15) is 45.0 Å². The van der Waals surface area contributed by atoms with Crippen LogP contribution in [0.25, 0.3) is 0 Å². The maximum absolute atomic E-state index is 13.7. The molecule has 0 spiro atoms. The summed E-state index contributed by atoms with van der Waals surface area (Å²) in [5.74, 6) is -1.08. The Labute approximate surface area is 554 Å². The first-order valence-corrected chi connectivity index (χ1v) is 39.9. The predicted octanol–water partition coefficient (Wildman–Crippen LogP) is 14.8. The highest BCUT2D eigenvalue weighted by molar-refractivity contribution is 6.60. The number of hydrogen-bond donors (Lipinski definition) is 9. The normalized spacial score (nSPS) is 12.5. The van der Waals surface area contributed by atoms with Crippen molar-refractivity contribution in [3.8, 4) is 0 Å². The van der Waals surface area contributed by atoms with Crippen molar-refractivity contribution in [1.29, 1.82) is 0 Å². The summed E-state index contributed by atoms with van der Waals surface area (Å²) in [4.78, 5) is 41.0. The van der Waals surface area contributed by atoms with Crippen LogP contribution in [-0.2, 0) is 27.7 Å². The monoisotopic (exact) mass is 1300 g/mol. The van der Waals surface area contributed by atoms with Crippen LogP contribution in [0.5, 0.6) is 0 Å². The zero-order chi connectivity index (χ0) is 66.6. The Morgan fingerprint density at radius 2 is 0.489 bits per heavy atom. The second kappa shape index (κ2) is 59.7. The smallest absolute Gasteiger partial charge is 0.394 e. The maximum atomic E-state index is 13.7. The van der Waals surface area contributed by atoms with Crippen molar-refractivity contribution < 1.29 is 62.8 Å². The minimum Gasteiger partial charge on any atom is -0.394 e. The van der Waals surface area contributed by atoms with Gasteiger partial charge in [0.25, 0.3) is 0 Å². The quantitative estimate of drug-likeness (QED) is 0.0157. The third-order valence-corrected chi connectivity index (χ3v) is 21.3. The molecule has 0 aliphatic heterocycles. The molecule has 0 aromatic rings. The second-order valence-corrected chi connectivity index (χ2v) is 30.9. The molecule has 0 radical (unpaired) electrons. The van der Waals surface area contributed by atoms with Gasteiger partial charge in [-0.05, 0) is 32.1 Å². The third-order valence-electron chi connectivity index (χ3n) is 18.6. The molecule has 0 heterocycles. The minimum atomic E-state index is -4.34. The summed E-state index contributed by atoms with van der Waals surface area (Å²) < 4.78 is 21.2. The van der Waals surface area contributed by atoms with Crippen molar-refractivity contribution >= 4 is 26.5 Å². The van der Waals surface area contributed by atoms with Crippen LogP contribution in [0.3, 0.4) is 0 Å². The lowest BCUT2D eigenvalue weighted by atomic mass is 10.0. The van der Waals surface area contributed by atoms with Crippen LogP contribution in [0.15, 0.2) is 0 Å². The van der Waals surface area contributed by atoms with Crippen molar-refractivity contribution in [2.75, 3.05) is 86.6 Å². The number of nitrogens with one attached hydrogen (secondary N) is 3. The van der Waals surface area contributed by atoms with Crippen LogP contribution >= 0.6 is 0 Å². The Morgan fingerprint density at radius 1 is 0.300 bits per heavy atom. The molecule has 0 unspecified atom stereocenters. The van der Waals surface area contributed by atoms with Crippen molar-refractivity contribution in [2.45, 2.75) is 365 Å². The molecule has 0 rings (SSSR count). The van der Waals surface area contributed by atoms with Crippen molar-refractivity contribution in [1.82, 2.24) is 16.0 Å². The molecule has 0 aliphatic rings. The summed E-state index contributed by atoms with van der Waals surface area (Å²) in [6.07, 6.45) is 53.7. The lowest BCUT2D eigenvalue weighted by Crippen LogP contribution is -2.64. The van der Waals surface area contributed by atoms with E-state index in [1.807, 2.05) is 0 Å². The zero-order valence-corrected chi connectivity index (χ0v) is 60.7. The van der Waals surface area contributed by atoms with Crippen molar-refractivity contribution in [3.63, 3.8) is 0 Å². The average Bonchev–Trinajstić information content (AvgIpc) is 0.935. The van der Waals surface area contributed by atoms with Crippen LogP contribution in [0, 0.1) is 0 Å². The van der Waals surface area contributed by atoms with Gasteiger partial charge in [0.05, 0.1) is 86.6 Å². The van der Waals surface area contributed by atoms with E-state index in [2.05, 4.69) is 57.7 Å². The number of nitrogens with zero attached hydrogens (tertiary/aromatic N) is 1. The molecule has 17 heteroatoms. The first-order chi connectivity index (χ1) is 43.6. The minimum absolute atomic E-state index is 0.117. The van der Waals surface area contributed by atoms with E-state index in [1.165, 1.54) is 199 Å². The summed E-state index contributed by atoms with van der Waals surface area (Å²) >= 11 is 0. The van der Waals surface area contributed by atoms with E-state index in [0.29, 0.717) is 36.7 Å². The lowest BCUT2D eigenvalue weighted by molar-refractivity contribution is -0.890. The van der Waals surface area contributed by atoms with Gasteiger partial charge in [-0.15, -0.1) is 0 Å². The Hall–Kier alpha value is -1.77. The van der Waals surface area contributed by atoms with E-state index in [1.54, 1.807) is 0 Å². The number of carbonyl (C=O) groups is 3. The number of unbranched alkanes of at least 4 members (excludes halogenated alkanes) is 41. The molecule has 16 nitrogen and oxygen atoms in total. The van der Waals surface area contributed by atoms with Crippen molar-refractivity contribution in [3.05, 3.63) is 0 Å². The largest absolute Gasteiger partial charge is 0.501 e. The van der Waals surface area contributed by atoms with E-state index in [-0.39, 0.29) is 43.0 Å². The van der Waals surface area contributed by atoms with E-state index in [4.69, 9.17) is 13.3 Å². The maximum Gasteiger partial charge on any atom is 0.501 e. The standard InChI is InChI=1S/C73H148N4O12Si/c1-7-11-15-19-23-27-28-29-30-31-32-33-34-35-39-43-47-51-56-77(5,6)57-52-58-90(87-65-71(59-78,60-79)74-68(84)53-48-44-40-36-24-20-16-12-8-2,88-66-72(61-80,62-81)75-69(85)54-49-45-41-37-25-21-17-13-9-3)89-67-73(63-82,64-83)76-70(86)55-50-46-42-38-26-22-18-14-10-4/h78-83H,7-67H2,1-6H3,(H2-,74,75,76,84,85,86)/p+1. The number of hydrogen-bond acceptors (Lipinski definition) is 12. The molecule has 90 heavy (non-hydrogen) atoms. The predicted molar refractivity (Wildman–Crippen MR) is 374 cm³/mol. The van der Waals surface area contributed by atoms with Crippen LogP contribution < -0.4 is 16.0 Å². The molecule has 0 aromatic heterocycles. The molecule has 0 saturated carbocycles. The number of carbonyl (C=O) groups excluding carboxylic acids is 3. The van der Waals surface area contributed by atoms with Crippen LogP contribution in [-0.4, -0.2) is 165 Å². The van der Waals surface area contributed by atoms with Gasteiger partial charge in [0.1, 0.15) is 16.6 Å². The summed E-state index contributed by atoms with van der Waals surface area (Å²) in [7, 11) is 0.0228. The second-order valence-electron chi connectivity index (χ2n) is 28.2. The molecular weight excluding hydrogens is 1150 g/mol. The highest BCUT2D eigenvalue weighted by Crippen LogP contribution is 2.27. The SMILES string of the molecule is CCCCCCCCCCCCCCCCCCCC[N+](C)(C)CCC[Si](OCC(CO)(CO)NC(=O)CCCCCCCCCCC)(OCC(CO)(CO)NC(=O)CCCCCCCCCCC)OCC(CO)(CO)NC(=O)CCCCCCCCCCC. The number of aliphatic hydroxyl groups is 6. The summed E-state index contributed by atoms with van der Waals surface area (Å²) in [6, 6.07) is 0.117. The average molecular weight is 1300 g/mol. The van der Waals surface area contributed by atoms with Gasteiger partial charge in [-0.2, -0.15) is 0 Å². The van der Waals surface area contributed by atoms with Crippen LogP contribution in [0.4, 0.5) is 0 Å². The highest BCUT2D eigenvalue weighted by Gasteiger charge is 2.49. The van der Waals surface area contributed by atoms with Gasteiger partial charge >= 0.3 is 8.80 Å². The molecule has 3 amide bonds. The fraction of sp³-hybridized carbons (Fsp3) is 0.959. The van der Waals surface area contributed by atoms with E-state index < -0.39 is 84.9 Å². The van der Waals surface area contributed by atoms with E-state index >= 15 is 0 Å². The number of rotatable bonds is 71. The van der Waals surface area contributed by atoms with Gasteiger partial charge in [-0.25, -0.2) is 0 Å². The van der Waals surface area contributed by atoms with Crippen molar-refractivity contribution in [2.24, 2.45) is 0 Å².